The molecule has 1 heterocycles. The van der Waals surface area contributed by atoms with E-state index in [2.05, 4.69) is 5.32 Å². The Morgan fingerprint density at radius 1 is 1.48 bits per heavy atom. The summed E-state index contributed by atoms with van der Waals surface area (Å²) in [6, 6.07) is 4.00. The number of para-hydroxylation sites is 1. The second-order valence-corrected chi connectivity index (χ2v) is 5.14. The monoisotopic (exact) mass is 294 g/mol. The Morgan fingerprint density at radius 3 is 2.71 bits per heavy atom. The van der Waals surface area contributed by atoms with Crippen LogP contribution >= 0.6 is 0 Å². The van der Waals surface area contributed by atoms with Crippen molar-refractivity contribution in [3.05, 3.63) is 33.9 Å². The Balaban J connectivity index is 2.28. The van der Waals surface area contributed by atoms with E-state index in [0.29, 0.717) is 19.1 Å². The van der Waals surface area contributed by atoms with Gasteiger partial charge >= 0.3 is 5.97 Å². The van der Waals surface area contributed by atoms with Gasteiger partial charge in [0, 0.05) is 25.3 Å². The van der Waals surface area contributed by atoms with E-state index in [1.807, 2.05) is 6.92 Å². The molecule has 1 aromatic rings. The van der Waals surface area contributed by atoms with E-state index in [1.165, 1.54) is 18.2 Å². The molecule has 21 heavy (non-hydrogen) atoms. The van der Waals surface area contributed by atoms with Gasteiger partial charge in [-0.1, -0.05) is 6.07 Å². The maximum Gasteiger partial charge on any atom is 0.338 e. The van der Waals surface area contributed by atoms with Crippen molar-refractivity contribution in [1.82, 2.24) is 0 Å². The topological polar surface area (TPSA) is 102 Å². The molecule has 1 aliphatic rings. The maximum absolute atomic E-state index is 11.3. The molecule has 1 fully saturated rings. The van der Waals surface area contributed by atoms with Gasteiger partial charge in [0.15, 0.2) is 0 Å². The highest BCUT2D eigenvalue weighted by molar-refractivity contribution is 5.96. The highest BCUT2D eigenvalue weighted by Gasteiger charge is 2.26. The molecule has 0 spiro atoms. The highest BCUT2D eigenvalue weighted by Crippen LogP contribution is 2.31. The van der Waals surface area contributed by atoms with Crippen molar-refractivity contribution in [3.63, 3.8) is 0 Å². The van der Waals surface area contributed by atoms with E-state index in [-0.39, 0.29) is 23.0 Å². The lowest BCUT2D eigenvalue weighted by Gasteiger charge is -2.29. The Bertz CT molecular complexity index is 508. The zero-order valence-electron chi connectivity index (χ0n) is 11.7. The molecule has 7 heteroatoms. The third-order valence-electron chi connectivity index (χ3n) is 3.81. The number of carboxylic acids is 1. The fraction of sp³-hybridized carbons (Fsp3) is 0.500. The summed E-state index contributed by atoms with van der Waals surface area (Å²) in [4.78, 5) is 21.8. The molecule has 0 aromatic heterocycles. The molecule has 7 nitrogen and oxygen atoms in total. The van der Waals surface area contributed by atoms with Gasteiger partial charge in [0.2, 0.25) is 0 Å². The molecular formula is C14H18N2O5. The second-order valence-electron chi connectivity index (χ2n) is 5.14. The van der Waals surface area contributed by atoms with E-state index in [4.69, 9.17) is 4.74 Å². The van der Waals surface area contributed by atoms with Crippen LogP contribution in [0.4, 0.5) is 11.4 Å². The Kier molecular flexibility index (Phi) is 4.74. The fourth-order valence-corrected chi connectivity index (χ4v) is 2.58. The molecule has 0 saturated carbocycles. The van der Waals surface area contributed by atoms with Gasteiger partial charge in [0.1, 0.15) is 5.69 Å². The summed E-state index contributed by atoms with van der Waals surface area (Å²) in [5.41, 5.74) is -0.217. The molecule has 0 bridgehead atoms. The lowest BCUT2D eigenvalue weighted by Crippen LogP contribution is -2.31. The molecule has 2 rings (SSSR count). The number of nitro benzene ring substituents is 1. The van der Waals surface area contributed by atoms with Gasteiger partial charge < -0.3 is 15.2 Å². The first kappa shape index (κ1) is 15.2. The summed E-state index contributed by atoms with van der Waals surface area (Å²) in [6.45, 7) is 3.25. The fourth-order valence-electron chi connectivity index (χ4n) is 2.58. The van der Waals surface area contributed by atoms with Crippen molar-refractivity contribution < 1.29 is 19.6 Å². The molecule has 0 radical (unpaired) electrons. The van der Waals surface area contributed by atoms with E-state index in [1.54, 1.807) is 0 Å². The van der Waals surface area contributed by atoms with E-state index in [9.17, 15) is 20.0 Å². The molecule has 0 amide bonds. The quantitative estimate of drug-likeness (QED) is 0.639. The zero-order valence-corrected chi connectivity index (χ0v) is 11.7. The number of carboxylic acid groups (broad SMARTS) is 1. The molecule has 1 aromatic carbocycles. The summed E-state index contributed by atoms with van der Waals surface area (Å²) in [6.07, 6.45) is 1.72. The minimum absolute atomic E-state index is 0.0619. The minimum Gasteiger partial charge on any atom is -0.478 e. The third kappa shape index (κ3) is 3.49. The molecule has 1 atom stereocenters. The second kappa shape index (κ2) is 6.53. The van der Waals surface area contributed by atoms with Gasteiger partial charge in [-0.15, -0.1) is 0 Å². The average Bonchev–Trinajstić information content (AvgIpc) is 2.47. The minimum atomic E-state index is -1.18. The van der Waals surface area contributed by atoms with E-state index >= 15 is 0 Å². The third-order valence-corrected chi connectivity index (χ3v) is 3.81. The Morgan fingerprint density at radius 2 is 2.14 bits per heavy atom. The maximum atomic E-state index is 11.3. The van der Waals surface area contributed by atoms with Crippen molar-refractivity contribution in [3.8, 4) is 0 Å². The SMILES string of the molecule is CC(Nc1c(C(=O)O)cccc1[N+](=O)[O-])C1CCOCC1. The normalized spacial score (nSPS) is 17.2. The van der Waals surface area contributed by atoms with E-state index < -0.39 is 10.9 Å². The van der Waals surface area contributed by atoms with Crippen LogP contribution in [0.25, 0.3) is 0 Å². The van der Waals surface area contributed by atoms with Gasteiger partial charge in [0.25, 0.3) is 5.69 Å². The summed E-state index contributed by atoms with van der Waals surface area (Å²) < 4.78 is 5.29. The lowest BCUT2D eigenvalue weighted by molar-refractivity contribution is -0.384. The van der Waals surface area contributed by atoms with Crippen molar-refractivity contribution in [2.45, 2.75) is 25.8 Å². The first-order valence-corrected chi connectivity index (χ1v) is 6.85. The molecule has 114 valence electrons. The van der Waals surface area contributed by atoms with Gasteiger partial charge in [-0.25, -0.2) is 4.79 Å². The number of nitrogens with zero attached hydrogens (tertiary/aromatic N) is 1. The number of benzene rings is 1. The van der Waals surface area contributed by atoms with Crippen molar-refractivity contribution in [2.24, 2.45) is 5.92 Å². The van der Waals surface area contributed by atoms with Crippen molar-refractivity contribution in [1.29, 1.82) is 0 Å². The van der Waals surface area contributed by atoms with Crippen molar-refractivity contribution >= 4 is 17.3 Å². The number of hydrogen-bond donors (Lipinski definition) is 2. The van der Waals surface area contributed by atoms with Gasteiger partial charge in [0.05, 0.1) is 10.5 Å². The van der Waals surface area contributed by atoms with Crippen LogP contribution in [0.5, 0.6) is 0 Å². The summed E-state index contributed by atoms with van der Waals surface area (Å²) in [5.74, 6) is -0.874. The van der Waals surface area contributed by atoms with E-state index in [0.717, 1.165) is 12.8 Å². The van der Waals surface area contributed by atoms with Gasteiger partial charge in [-0.2, -0.15) is 0 Å². The van der Waals surface area contributed by atoms with Crippen LogP contribution in [-0.2, 0) is 4.74 Å². The number of ether oxygens (including phenoxy) is 1. The van der Waals surface area contributed by atoms with Gasteiger partial charge in [-0.05, 0) is 31.7 Å². The van der Waals surface area contributed by atoms with Crippen LogP contribution in [-0.4, -0.2) is 35.3 Å². The number of nitrogens with one attached hydrogen (secondary N) is 1. The number of nitro groups is 1. The van der Waals surface area contributed by atoms with Gasteiger partial charge in [-0.3, -0.25) is 10.1 Å². The number of rotatable bonds is 5. The van der Waals surface area contributed by atoms with Crippen LogP contribution in [0.1, 0.15) is 30.1 Å². The predicted molar refractivity (Wildman–Crippen MR) is 76.7 cm³/mol. The van der Waals surface area contributed by atoms with Crippen LogP contribution in [0, 0.1) is 16.0 Å². The van der Waals surface area contributed by atoms with Crippen molar-refractivity contribution in [2.75, 3.05) is 18.5 Å². The Labute approximate surface area is 122 Å². The predicted octanol–water partition coefficient (Wildman–Crippen LogP) is 2.52. The summed E-state index contributed by atoms with van der Waals surface area (Å²) in [7, 11) is 0. The molecule has 0 aliphatic carbocycles. The summed E-state index contributed by atoms with van der Waals surface area (Å²) in [5, 5.41) is 23.4. The lowest BCUT2D eigenvalue weighted by atomic mass is 9.92. The molecule has 1 aliphatic heterocycles. The first-order valence-electron chi connectivity index (χ1n) is 6.85. The summed E-state index contributed by atoms with van der Waals surface area (Å²) >= 11 is 0. The average molecular weight is 294 g/mol. The highest BCUT2D eigenvalue weighted by atomic mass is 16.6. The molecule has 1 unspecified atom stereocenters. The van der Waals surface area contributed by atoms with Crippen LogP contribution in [0.2, 0.25) is 0 Å². The number of hydrogen-bond acceptors (Lipinski definition) is 5. The molecule has 1 saturated heterocycles. The largest absolute Gasteiger partial charge is 0.478 e. The first-order chi connectivity index (χ1) is 10.0. The van der Waals surface area contributed by atoms with Crippen LogP contribution < -0.4 is 5.32 Å². The van der Waals surface area contributed by atoms with Crippen LogP contribution in [0.3, 0.4) is 0 Å². The number of carbonyl (C=O) groups is 1. The number of anilines is 1. The standard InChI is InChI=1S/C14H18N2O5/c1-9(10-5-7-21-8-6-10)15-13-11(14(17)18)3-2-4-12(13)16(19)20/h2-4,9-10,15H,5-8H2,1H3,(H,17,18). The smallest absolute Gasteiger partial charge is 0.338 e. The number of aromatic carboxylic acids is 1. The zero-order chi connectivity index (χ0) is 15.4. The Hall–Kier alpha value is -2.15. The molecular weight excluding hydrogens is 276 g/mol. The van der Waals surface area contributed by atoms with Crippen LogP contribution in [0.15, 0.2) is 18.2 Å². The molecule has 2 N–H and O–H groups in total.